The Morgan fingerprint density at radius 1 is 0.345 bits per heavy atom. The van der Waals surface area contributed by atoms with Crippen LogP contribution in [0, 0.1) is 0 Å². The van der Waals surface area contributed by atoms with Gasteiger partial charge < -0.3 is 14.2 Å². The Hall–Kier alpha value is -2.63. The predicted octanol–water partition coefficient (Wildman–Crippen LogP) is 15.9. The molecular formula is C52H92O6. The molecule has 6 nitrogen and oxygen atoms in total. The number of ether oxygens (including phenoxy) is 3. The molecule has 58 heavy (non-hydrogen) atoms. The Kier molecular flexibility index (Phi) is 44.9. The highest BCUT2D eigenvalue weighted by molar-refractivity contribution is 5.71. The number of hydrogen-bond donors (Lipinski definition) is 0. The van der Waals surface area contributed by atoms with Crippen LogP contribution in [0.3, 0.4) is 0 Å². The molecule has 0 aliphatic rings. The van der Waals surface area contributed by atoms with E-state index in [1.165, 1.54) is 135 Å². The van der Waals surface area contributed by atoms with E-state index in [0.29, 0.717) is 19.3 Å². The van der Waals surface area contributed by atoms with Gasteiger partial charge in [-0.3, -0.25) is 14.4 Å². The summed E-state index contributed by atoms with van der Waals surface area (Å²) >= 11 is 0. The molecule has 0 aromatic rings. The SMILES string of the molecule is CCCC/C=C\CCCCCCCC(=O)OCC(COC(=O)CCC/C=C\C/C=C\C/C=C\CCCCCCCC)OC(=O)CCCCCCCCCCCCCC. The highest BCUT2D eigenvalue weighted by Crippen LogP contribution is 2.14. The van der Waals surface area contributed by atoms with Crippen molar-refractivity contribution in [3.8, 4) is 0 Å². The van der Waals surface area contributed by atoms with E-state index in [0.717, 1.165) is 64.2 Å². The van der Waals surface area contributed by atoms with E-state index in [4.69, 9.17) is 14.2 Å². The van der Waals surface area contributed by atoms with Crippen LogP contribution < -0.4 is 0 Å². The third-order valence-electron chi connectivity index (χ3n) is 10.6. The molecule has 0 fully saturated rings. The summed E-state index contributed by atoms with van der Waals surface area (Å²) in [5.74, 6) is -0.952. The number of unbranched alkanes of at least 4 members (excludes halogenated alkanes) is 25. The van der Waals surface area contributed by atoms with Gasteiger partial charge in [-0.05, 0) is 70.6 Å². The number of esters is 3. The highest BCUT2D eigenvalue weighted by atomic mass is 16.6. The molecule has 336 valence electrons. The fraction of sp³-hybridized carbons (Fsp3) is 0.788. The molecule has 0 amide bonds. The van der Waals surface area contributed by atoms with E-state index in [2.05, 4.69) is 69.4 Å². The lowest BCUT2D eigenvalue weighted by Gasteiger charge is -2.18. The molecule has 0 aliphatic heterocycles. The second kappa shape index (κ2) is 47.1. The van der Waals surface area contributed by atoms with E-state index < -0.39 is 6.10 Å². The molecule has 1 unspecified atom stereocenters. The van der Waals surface area contributed by atoms with Crippen LogP contribution in [0.4, 0.5) is 0 Å². The van der Waals surface area contributed by atoms with Gasteiger partial charge in [-0.15, -0.1) is 0 Å². The quantitative estimate of drug-likeness (QED) is 0.0264. The predicted molar refractivity (Wildman–Crippen MR) is 247 cm³/mol. The first kappa shape index (κ1) is 55.4. The summed E-state index contributed by atoms with van der Waals surface area (Å²) in [5.41, 5.74) is 0. The first-order chi connectivity index (χ1) is 28.5. The van der Waals surface area contributed by atoms with Crippen molar-refractivity contribution in [2.75, 3.05) is 13.2 Å². The van der Waals surface area contributed by atoms with Gasteiger partial charge in [-0.1, -0.05) is 204 Å². The third-order valence-corrected chi connectivity index (χ3v) is 10.6. The lowest BCUT2D eigenvalue weighted by atomic mass is 10.0. The number of carbonyl (C=O) groups is 3. The van der Waals surface area contributed by atoms with Crippen molar-refractivity contribution >= 4 is 17.9 Å². The summed E-state index contributed by atoms with van der Waals surface area (Å²) in [6.45, 7) is 6.54. The minimum Gasteiger partial charge on any atom is -0.462 e. The molecule has 0 spiro atoms. The fourth-order valence-corrected chi connectivity index (χ4v) is 6.79. The van der Waals surface area contributed by atoms with Crippen molar-refractivity contribution in [3.05, 3.63) is 48.6 Å². The minimum absolute atomic E-state index is 0.0914. The van der Waals surface area contributed by atoms with Gasteiger partial charge in [0.15, 0.2) is 6.10 Å². The first-order valence-corrected chi connectivity index (χ1v) is 24.6. The fourth-order valence-electron chi connectivity index (χ4n) is 6.79. The van der Waals surface area contributed by atoms with Crippen LogP contribution in [0.25, 0.3) is 0 Å². The van der Waals surface area contributed by atoms with Crippen molar-refractivity contribution in [2.24, 2.45) is 0 Å². The van der Waals surface area contributed by atoms with Gasteiger partial charge in [0.25, 0.3) is 0 Å². The molecule has 0 N–H and O–H groups in total. The minimum atomic E-state index is -0.791. The van der Waals surface area contributed by atoms with Gasteiger partial charge >= 0.3 is 17.9 Å². The molecule has 1 atom stereocenters. The van der Waals surface area contributed by atoms with Crippen molar-refractivity contribution in [1.82, 2.24) is 0 Å². The number of carbonyl (C=O) groups excluding carboxylic acids is 3. The van der Waals surface area contributed by atoms with Crippen molar-refractivity contribution < 1.29 is 28.6 Å². The first-order valence-electron chi connectivity index (χ1n) is 24.6. The molecule has 0 bridgehead atoms. The lowest BCUT2D eigenvalue weighted by Crippen LogP contribution is -2.30. The molecule has 0 heterocycles. The van der Waals surface area contributed by atoms with Gasteiger partial charge in [-0.2, -0.15) is 0 Å². The molecule has 0 aliphatic carbocycles. The van der Waals surface area contributed by atoms with Crippen LogP contribution in [0.2, 0.25) is 0 Å². The zero-order chi connectivity index (χ0) is 42.3. The third kappa shape index (κ3) is 44.5. The summed E-state index contributed by atoms with van der Waals surface area (Å²) in [6, 6.07) is 0. The Morgan fingerprint density at radius 3 is 1.10 bits per heavy atom. The summed E-state index contributed by atoms with van der Waals surface area (Å²) in [5, 5.41) is 0. The van der Waals surface area contributed by atoms with Crippen LogP contribution in [0.15, 0.2) is 48.6 Å². The van der Waals surface area contributed by atoms with Gasteiger partial charge in [0.05, 0.1) is 0 Å². The van der Waals surface area contributed by atoms with Gasteiger partial charge in [-0.25, -0.2) is 0 Å². The van der Waals surface area contributed by atoms with E-state index in [1.54, 1.807) is 0 Å². The molecule has 0 aromatic carbocycles. The molecule has 0 aromatic heterocycles. The maximum absolute atomic E-state index is 12.7. The van der Waals surface area contributed by atoms with Crippen molar-refractivity contribution in [1.29, 1.82) is 0 Å². The van der Waals surface area contributed by atoms with E-state index >= 15 is 0 Å². The summed E-state index contributed by atoms with van der Waals surface area (Å²) in [7, 11) is 0. The van der Waals surface area contributed by atoms with Crippen LogP contribution in [0.1, 0.15) is 245 Å². The second-order valence-electron chi connectivity index (χ2n) is 16.4. The highest BCUT2D eigenvalue weighted by Gasteiger charge is 2.19. The maximum atomic E-state index is 12.7. The molecular weight excluding hydrogens is 721 g/mol. The van der Waals surface area contributed by atoms with Crippen molar-refractivity contribution in [3.63, 3.8) is 0 Å². The van der Waals surface area contributed by atoms with Crippen LogP contribution in [-0.2, 0) is 28.6 Å². The average molecular weight is 813 g/mol. The number of rotatable bonds is 44. The van der Waals surface area contributed by atoms with Crippen LogP contribution in [-0.4, -0.2) is 37.2 Å². The number of hydrogen-bond acceptors (Lipinski definition) is 6. The van der Waals surface area contributed by atoms with E-state index in [-0.39, 0.29) is 37.5 Å². The smallest absolute Gasteiger partial charge is 0.306 e. The zero-order valence-electron chi connectivity index (χ0n) is 38.3. The van der Waals surface area contributed by atoms with Gasteiger partial charge in [0.2, 0.25) is 0 Å². The monoisotopic (exact) mass is 813 g/mol. The van der Waals surface area contributed by atoms with Crippen LogP contribution in [0.5, 0.6) is 0 Å². The Bertz CT molecular complexity index is 1030. The summed E-state index contributed by atoms with van der Waals surface area (Å²) in [6.07, 6.45) is 55.3. The van der Waals surface area contributed by atoms with E-state index in [9.17, 15) is 14.4 Å². The average Bonchev–Trinajstić information content (AvgIpc) is 3.22. The summed E-state index contributed by atoms with van der Waals surface area (Å²) < 4.78 is 16.7. The normalized spacial score (nSPS) is 12.4. The van der Waals surface area contributed by atoms with Crippen molar-refractivity contribution in [2.45, 2.75) is 252 Å². The lowest BCUT2D eigenvalue weighted by molar-refractivity contribution is -0.167. The molecule has 0 rings (SSSR count). The molecule has 0 saturated heterocycles. The Morgan fingerprint density at radius 2 is 0.655 bits per heavy atom. The van der Waals surface area contributed by atoms with E-state index in [1.807, 2.05) is 0 Å². The topological polar surface area (TPSA) is 78.9 Å². The summed E-state index contributed by atoms with van der Waals surface area (Å²) in [4.78, 5) is 37.8. The van der Waals surface area contributed by atoms with Gasteiger partial charge in [0, 0.05) is 19.3 Å². The molecule has 0 saturated carbocycles. The van der Waals surface area contributed by atoms with Gasteiger partial charge in [0.1, 0.15) is 13.2 Å². The second-order valence-corrected chi connectivity index (χ2v) is 16.4. The Balaban J connectivity index is 4.43. The maximum Gasteiger partial charge on any atom is 0.306 e. The molecule has 6 heteroatoms. The number of allylic oxidation sites excluding steroid dienone is 8. The standard InChI is InChI=1S/C52H92O6/c1-4-7-10-13-16-19-22-24-25-26-27-28-31-33-36-39-42-45-51(54)57-48-49(47-56-50(53)44-41-38-35-32-29-21-18-15-12-9-6-3)58-52(55)46-43-40-37-34-30-23-20-17-14-11-8-5-2/h15,18,24-25,27-28,33,36,49H,4-14,16-17,19-23,26,29-32,34-35,37-48H2,1-3H3/b18-15-,25-24-,28-27-,36-33-. The zero-order valence-corrected chi connectivity index (χ0v) is 38.3. The van der Waals surface area contributed by atoms with Crippen LogP contribution >= 0.6 is 0 Å². The molecule has 0 radical (unpaired) electrons. The Labute approximate surface area is 358 Å². The largest absolute Gasteiger partial charge is 0.462 e.